The molecule has 1 N–H and O–H groups in total. The lowest BCUT2D eigenvalue weighted by Gasteiger charge is -2.29. The number of hydrogen-bond acceptors (Lipinski definition) is 7. The van der Waals surface area contributed by atoms with Gasteiger partial charge in [0.05, 0.1) is 18.4 Å². The van der Waals surface area contributed by atoms with Gasteiger partial charge in [0.15, 0.2) is 0 Å². The van der Waals surface area contributed by atoms with Crippen molar-refractivity contribution in [2.24, 2.45) is 0 Å². The van der Waals surface area contributed by atoms with E-state index in [4.69, 9.17) is 14.7 Å². The van der Waals surface area contributed by atoms with Crippen molar-refractivity contribution in [1.29, 1.82) is 0 Å². The second kappa shape index (κ2) is 9.18. The highest BCUT2D eigenvalue weighted by molar-refractivity contribution is 5.90. The van der Waals surface area contributed by atoms with E-state index in [9.17, 15) is 9.18 Å². The summed E-state index contributed by atoms with van der Waals surface area (Å²) in [5.41, 5.74) is 2.25. The summed E-state index contributed by atoms with van der Waals surface area (Å²) >= 11 is 0. The smallest absolute Gasteiger partial charge is 0.339 e. The molecule has 8 heteroatoms. The van der Waals surface area contributed by atoms with Gasteiger partial charge in [0, 0.05) is 42.2 Å². The second-order valence-electron chi connectivity index (χ2n) is 7.69. The molecule has 0 spiro atoms. The van der Waals surface area contributed by atoms with E-state index in [1.165, 1.54) is 25.4 Å². The number of nitrogens with zero attached hydrogens (tertiary/aromatic N) is 4. The van der Waals surface area contributed by atoms with E-state index in [0.717, 1.165) is 25.9 Å². The molecule has 1 atom stereocenters. The Kier molecular flexibility index (Phi) is 6.18. The number of piperidine rings is 1. The Balaban J connectivity index is 1.75. The Hall–Kier alpha value is -3.39. The number of nitrogens with one attached hydrogen (secondary N) is 1. The Morgan fingerprint density at radius 2 is 2.10 bits per heavy atom. The fraction of sp³-hybridized carbons (Fsp3) is 0.304. The van der Waals surface area contributed by atoms with Crippen LogP contribution in [0.4, 0.5) is 15.9 Å². The van der Waals surface area contributed by atoms with Gasteiger partial charge in [0.1, 0.15) is 17.5 Å². The van der Waals surface area contributed by atoms with E-state index < -0.39 is 5.97 Å². The molecule has 0 bridgehead atoms. The zero-order valence-electron chi connectivity index (χ0n) is 17.5. The number of pyridine rings is 1. The van der Waals surface area contributed by atoms with Gasteiger partial charge < -0.3 is 15.0 Å². The van der Waals surface area contributed by atoms with Crippen LogP contribution in [0.2, 0.25) is 0 Å². The molecule has 31 heavy (non-hydrogen) atoms. The second-order valence-corrected chi connectivity index (χ2v) is 7.69. The van der Waals surface area contributed by atoms with Crippen LogP contribution >= 0.6 is 0 Å². The molecular formula is C23H24FN5O2. The predicted octanol–water partition coefficient (Wildman–Crippen LogP) is 4.02. The molecule has 1 aliphatic rings. The highest BCUT2D eigenvalue weighted by atomic mass is 19.1. The summed E-state index contributed by atoms with van der Waals surface area (Å²) in [6.45, 7) is 1.92. The third kappa shape index (κ3) is 5.03. The van der Waals surface area contributed by atoms with Crippen LogP contribution in [0.25, 0.3) is 11.3 Å². The summed E-state index contributed by atoms with van der Waals surface area (Å²) in [6, 6.07) is 9.70. The van der Waals surface area contributed by atoms with Gasteiger partial charge in [-0.3, -0.25) is 4.98 Å². The molecule has 0 radical (unpaired) electrons. The zero-order chi connectivity index (χ0) is 21.8. The van der Waals surface area contributed by atoms with Crippen LogP contribution in [-0.2, 0) is 4.74 Å². The number of esters is 1. The lowest BCUT2D eigenvalue weighted by atomic mass is 9.97. The number of rotatable bonds is 5. The molecule has 1 unspecified atom stereocenters. The number of carbonyl (C=O) groups is 1. The molecule has 1 aliphatic heterocycles. The maximum atomic E-state index is 13.7. The van der Waals surface area contributed by atoms with Gasteiger partial charge >= 0.3 is 5.97 Å². The first-order chi connectivity index (χ1) is 15.0. The Bertz CT molecular complexity index is 1090. The molecule has 0 aliphatic carbocycles. The highest BCUT2D eigenvalue weighted by Gasteiger charge is 2.23. The van der Waals surface area contributed by atoms with Crippen LogP contribution < -0.4 is 5.32 Å². The van der Waals surface area contributed by atoms with Gasteiger partial charge in [0.25, 0.3) is 0 Å². The molecule has 1 saturated heterocycles. The van der Waals surface area contributed by atoms with Gasteiger partial charge in [-0.05, 0) is 50.7 Å². The Morgan fingerprint density at radius 3 is 2.87 bits per heavy atom. The molecule has 1 aromatic carbocycles. The molecule has 7 nitrogen and oxygen atoms in total. The lowest BCUT2D eigenvalue weighted by molar-refractivity contribution is 0.0600. The van der Waals surface area contributed by atoms with Crippen molar-refractivity contribution in [3.05, 3.63) is 66.0 Å². The Labute approximate surface area is 180 Å². The van der Waals surface area contributed by atoms with E-state index in [1.54, 1.807) is 30.5 Å². The number of methoxy groups -OCH3 is 1. The summed E-state index contributed by atoms with van der Waals surface area (Å²) in [5.74, 6) is 0.663. The molecule has 3 aromatic rings. The molecule has 2 aromatic heterocycles. The number of halogens is 1. The van der Waals surface area contributed by atoms with Gasteiger partial charge in [0.2, 0.25) is 0 Å². The van der Waals surface area contributed by atoms with E-state index in [-0.39, 0.29) is 11.7 Å². The maximum absolute atomic E-state index is 13.7. The van der Waals surface area contributed by atoms with E-state index in [2.05, 4.69) is 22.2 Å². The van der Waals surface area contributed by atoms with Crippen LogP contribution in [-0.4, -0.2) is 53.1 Å². The number of aromatic nitrogens is 3. The number of likely N-dealkylation sites (N-methyl/N-ethyl adjacent to an activating group) is 1. The van der Waals surface area contributed by atoms with E-state index in [0.29, 0.717) is 34.2 Å². The fourth-order valence-electron chi connectivity index (χ4n) is 3.76. The molecule has 0 amide bonds. The summed E-state index contributed by atoms with van der Waals surface area (Å²) < 4.78 is 18.5. The SMILES string of the molecule is COC(=O)c1cncc(-c2cc(Nc3cccc(F)c3)nc(C3CCCN(C)C3)n2)c1. The first-order valence-electron chi connectivity index (χ1n) is 10.2. The molecule has 0 saturated carbocycles. The summed E-state index contributed by atoms with van der Waals surface area (Å²) in [6.07, 6.45) is 5.17. The van der Waals surface area contributed by atoms with Crippen LogP contribution in [0, 0.1) is 5.82 Å². The fourth-order valence-corrected chi connectivity index (χ4v) is 3.76. The van der Waals surface area contributed by atoms with Crippen LogP contribution in [0.3, 0.4) is 0 Å². The van der Waals surface area contributed by atoms with E-state index in [1.807, 2.05) is 0 Å². The number of likely N-dealkylation sites (tertiary alicyclic amines) is 1. The molecule has 3 heterocycles. The van der Waals surface area contributed by atoms with E-state index >= 15 is 0 Å². The van der Waals surface area contributed by atoms with Crippen molar-refractivity contribution in [2.75, 3.05) is 32.6 Å². The number of benzene rings is 1. The van der Waals surface area contributed by atoms with Gasteiger partial charge in [-0.15, -0.1) is 0 Å². The van der Waals surface area contributed by atoms with Crippen molar-refractivity contribution in [2.45, 2.75) is 18.8 Å². The molecule has 4 rings (SSSR count). The predicted molar refractivity (Wildman–Crippen MR) is 116 cm³/mol. The zero-order valence-corrected chi connectivity index (χ0v) is 17.5. The van der Waals surface area contributed by atoms with Crippen LogP contribution in [0.5, 0.6) is 0 Å². The third-order valence-electron chi connectivity index (χ3n) is 5.29. The van der Waals surface area contributed by atoms with Crippen molar-refractivity contribution in [3.8, 4) is 11.3 Å². The minimum Gasteiger partial charge on any atom is -0.465 e. The molecule has 160 valence electrons. The Morgan fingerprint density at radius 1 is 1.23 bits per heavy atom. The average molecular weight is 421 g/mol. The number of carbonyl (C=O) groups excluding carboxylic acids is 1. The monoisotopic (exact) mass is 421 g/mol. The topological polar surface area (TPSA) is 80.2 Å². The van der Waals surface area contributed by atoms with Crippen molar-refractivity contribution in [3.63, 3.8) is 0 Å². The molecular weight excluding hydrogens is 397 g/mol. The van der Waals surface area contributed by atoms with Gasteiger partial charge in [-0.2, -0.15) is 0 Å². The highest BCUT2D eigenvalue weighted by Crippen LogP contribution is 2.29. The first kappa shape index (κ1) is 20.9. The summed E-state index contributed by atoms with van der Waals surface area (Å²) in [5, 5.41) is 3.18. The van der Waals surface area contributed by atoms with Gasteiger partial charge in [-0.1, -0.05) is 6.07 Å². The third-order valence-corrected chi connectivity index (χ3v) is 5.29. The largest absolute Gasteiger partial charge is 0.465 e. The lowest BCUT2D eigenvalue weighted by Crippen LogP contribution is -2.31. The van der Waals surface area contributed by atoms with Crippen LogP contribution in [0.15, 0.2) is 48.8 Å². The average Bonchev–Trinajstić information content (AvgIpc) is 2.78. The summed E-state index contributed by atoms with van der Waals surface area (Å²) in [4.78, 5) is 27.9. The quantitative estimate of drug-likeness (QED) is 0.623. The minimum atomic E-state index is -0.462. The number of hydrogen-bond donors (Lipinski definition) is 1. The number of ether oxygens (including phenoxy) is 1. The normalized spacial score (nSPS) is 16.7. The van der Waals surface area contributed by atoms with Crippen LogP contribution in [0.1, 0.15) is 34.9 Å². The van der Waals surface area contributed by atoms with Gasteiger partial charge in [-0.25, -0.2) is 19.2 Å². The standard InChI is InChI=1S/C23H24FN5O2/c1-29-8-4-5-15(14-29)22-27-20(16-9-17(13-25-12-16)23(30)31-2)11-21(28-22)26-19-7-3-6-18(24)10-19/h3,6-7,9-13,15H,4-5,8,14H2,1-2H3,(H,26,27,28). The van der Waals surface area contributed by atoms with Crippen molar-refractivity contribution >= 4 is 17.5 Å². The molecule has 1 fully saturated rings. The summed E-state index contributed by atoms with van der Waals surface area (Å²) in [7, 11) is 3.42. The van der Waals surface area contributed by atoms with Crippen molar-refractivity contribution in [1.82, 2.24) is 19.9 Å². The maximum Gasteiger partial charge on any atom is 0.339 e. The first-order valence-corrected chi connectivity index (χ1v) is 10.2. The minimum absolute atomic E-state index is 0.184. The van der Waals surface area contributed by atoms with Crippen molar-refractivity contribution < 1.29 is 13.9 Å². The number of anilines is 2.